The molecule has 0 atom stereocenters. The Morgan fingerprint density at radius 1 is 1.39 bits per heavy atom. The Bertz CT molecular complexity index is 558. The zero-order valence-electron chi connectivity index (χ0n) is 9.08. The number of pyridine rings is 1. The first-order valence-corrected chi connectivity index (χ1v) is 6.61. The zero-order valence-corrected chi connectivity index (χ0v) is 10.7. The second-order valence-electron chi connectivity index (χ2n) is 3.06. The number of hydrogen-bond acceptors (Lipinski definition) is 5. The van der Waals surface area contributed by atoms with Gasteiger partial charge in [0.25, 0.3) is 9.05 Å². The Labute approximate surface area is 105 Å². The molecule has 0 bridgehead atoms. The smallest absolute Gasteiger partial charge is 0.493 e. The highest BCUT2D eigenvalue weighted by Gasteiger charge is 2.34. The average molecular weight is 306 g/mol. The van der Waals surface area contributed by atoms with Crippen LogP contribution in [0.15, 0.2) is 11.1 Å². The molecule has 0 N–H and O–H groups in total. The summed E-state index contributed by atoms with van der Waals surface area (Å²) in [5, 5.41) is -0.618. The summed E-state index contributed by atoms with van der Waals surface area (Å²) < 4.78 is 66.8. The molecule has 0 aliphatic heterocycles. The minimum atomic E-state index is -4.94. The minimum Gasteiger partial charge on any atom is -0.493 e. The number of ether oxygens (including phenoxy) is 2. The summed E-state index contributed by atoms with van der Waals surface area (Å²) in [6.45, 7) is 1.13. The van der Waals surface area contributed by atoms with Gasteiger partial charge in [0.2, 0.25) is 0 Å². The van der Waals surface area contributed by atoms with Crippen LogP contribution in [0, 0.1) is 6.92 Å². The third-order valence-corrected chi connectivity index (χ3v) is 2.96. The lowest BCUT2D eigenvalue weighted by Crippen LogP contribution is -2.19. The number of methoxy groups -OCH3 is 1. The van der Waals surface area contributed by atoms with Crippen molar-refractivity contribution in [2.24, 2.45) is 0 Å². The highest BCUT2D eigenvalue weighted by molar-refractivity contribution is 8.13. The van der Waals surface area contributed by atoms with Crippen LogP contribution in [0.2, 0.25) is 0 Å². The minimum absolute atomic E-state index is 0.314. The van der Waals surface area contributed by atoms with E-state index < -0.39 is 31.9 Å². The molecule has 0 aliphatic carbocycles. The lowest BCUT2D eigenvalue weighted by atomic mass is 10.3. The summed E-state index contributed by atoms with van der Waals surface area (Å²) in [6, 6.07) is 0.746. The van der Waals surface area contributed by atoms with Gasteiger partial charge in [-0.15, -0.1) is 13.2 Å². The summed E-state index contributed by atoms with van der Waals surface area (Å²) in [5.41, 5.74) is -0.314. The summed E-state index contributed by atoms with van der Waals surface area (Å²) in [4.78, 5) is 3.41. The highest BCUT2D eigenvalue weighted by atomic mass is 35.7. The van der Waals surface area contributed by atoms with Crippen molar-refractivity contribution in [3.63, 3.8) is 0 Å². The van der Waals surface area contributed by atoms with E-state index in [1.807, 2.05) is 0 Å². The third kappa shape index (κ3) is 3.64. The Kier molecular flexibility index (Phi) is 3.96. The maximum Gasteiger partial charge on any atom is 0.573 e. The molecule has 0 unspecified atom stereocenters. The second-order valence-corrected chi connectivity index (χ2v) is 5.58. The van der Waals surface area contributed by atoms with Crippen LogP contribution in [0.1, 0.15) is 5.69 Å². The Morgan fingerprint density at radius 3 is 2.33 bits per heavy atom. The van der Waals surface area contributed by atoms with Gasteiger partial charge in [0.15, 0.2) is 16.5 Å². The van der Waals surface area contributed by atoms with E-state index in [0.29, 0.717) is 0 Å². The van der Waals surface area contributed by atoms with Gasteiger partial charge in [-0.05, 0) is 6.92 Å². The molecule has 1 heterocycles. The normalized spacial score (nSPS) is 12.3. The van der Waals surface area contributed by atoms with Gasteiger partial charge in [0.05, 0.1) is 12.8 Å². The van der Waals surface area contributed by atoms with Crippen molar-refractivity contribution in [3.05, 3.63) is 11.8 Å². The fourth-order valence-electron chi connectivity index (χ4n) is 1.12. The van der Waals surface area contributed by atoms with Gasteiger partial charge in [-0.25, -0.2) is 13.4 Å². The van der Waals surface area contributed by atoms with E-state index in [9.17, 15) is 21.6 Å². The molecule has 18 heavy (non-hydrogen) atoms. The van der Waals surface area contributed by atoms with E-state index >= 15 is 0 Å². The number of rotatable bonds is 3. The maximum atomic E-state index is 12.1. The number of halogens is 4. The summed E-state index contributed by atoms with van der Waals surface area (Å²) >= 11 is 0. The van der Waals surface area contributed by atoms with Crippen molar-refractivity contribution >= 4 is 19.7 Å². The van der Waals surface area contributed by atoms with E-state index in [4.69, 9.17) is 10.7 Å². The maximum absolute atomic E-state index is 12.1. The number of aromatic nitrogens is 1. The number of alkyl halides is 3. The first-order valence-electron chi connectivity index (χ1n) is 4.30. The molecule has 0 saturated carbocycles. The van der Waals surface area contributed by atoms with Gasteiger partial charge in [0.1, 0.15) is 0 Å². The van der Waals surface area contributed by atoms with Gasteiger partial charge >= 0.3 is 6.36 Å². The third-order valence-electron chi connectivity index (χ3n) is 1.77. The van der Waals surface area contributed by atoms with Crippen LogP contribution >= 0.6 is 10.7 Å². The Balaban J connectivity index is 3.38. The standard InChI is InChI=1S/C8H7ClF3NO4S/c1-4-7(17-8(10,11)12)5(16-2)3-6(13-4)18(9,14)15/h3H,1-2H3. The van der Waals surface area contributed by atoms with Crippen LogP contribution in [-0.2, 0) is 9.05 Å². The van der Waals surface area contributed by atoms with Crippen molar-refractivity contribution in [1.29, 1.82) is 0 Å². The number of nitrogens with zero attached hydrogens (tertiary/aromatic N) is 1. The van der Waals surface area contributed by atoms with Crippen LogP contribution < -0.4 is 9.47 Å². The quantitative estimate of drug-likeness (QED) is 0.801. The molecule has 5 nitrogen and oxygen atoms in total. The van der Waals surface area contributed by atoms with Crippen molar-refractivity contribution in [3.8, 4) is 11.5 Å². The van der Waals surface area contributed by atoms with Crippen LogP contribution in [0.5, 0.6) is 11.5 Å². The fraction of sp³-hybridized carbons (Fsp3) is 0.375. The first-order chi connectivity index (χ1) is 8.04. The molecule has 0 aliphatic rings. The first kappa shape index (κ1) is 14.8. The molecular weight excluding hydrogens is 299 g/mol. The molecular formula is C8H7ClF3NO4S. The molecule has 0 aromatic carbocycles. The molecule has 0 radical (unpaired) electrons. The number of aryl methyl sites for hydroxylation is 1. The van der Waals surface area contributed by atoms with E-state index in [-0.39, 0.29) is 5.69 Å². The zero-order chi connectivity index (χ0) is 14.1. The predicted molar refractivity (Wildman–Crippen MR) is 55.2 cm³/mol. The summed E-state index contributed by atoms with van der Waals surface area (Å²) in [6.07, 6.45) is -4.94. The molecule has 0 spiro atoms. The lowest BCUT2D eigenvalue weighted by Gasteiger charge is -2.14. The molecule has 0 amide bonds. The fourth-order valence-corrected chi connectivity index (χ4v) is 1.85. The average Bonchev–Trinajstić information content (AvgIpc) is 2.17. The van der Waals surface area contributed by atoms with Crippen molar-refractivity contribution in [2.45, 2.75) is 18.3 Å². The van der Waals surface area contributed by atoms with E-state index in [1.165, 1.54) is 0 Å². The van der Waals surface area contributed by atoms with Crippen LogP contribution in [0.25, 0.3) is 0 Å². The van der Waals surface area contributed by atoms with E-state index in [0.717, 1.165) is 20.1 Å². The molecule has 1 rings (SSSR count). The molecule has 102 valence electrons. The van der Waals surface area contributed by atoms with Crippen molar-refractivity contribution in [1.82, 2.24) is 4.98 Å². The van der Waals surface area contributed by atoms with Crippen molar-refractivity contribution in [2.75, 3.05) is 7.11 Å². The van der Waals surface area contributed by atoms with Crippen LogP contribution in [0.3, 0.4) is 0 Å². The van der Waals surface area contributed by atoms with Gasteiger partial charge in [0, 0.05) is 16.7 Å². The molecule has 10 heteroatoms. The summed E-state index contributed by atoms with van der Waals surface area (Å²) in [5.74, 6) is -1.15. The van der Waals surface area contributed by atoms with E-state index in [2.05, 4.69) is 14.5 Å². The lowest BCUT2D eigenvalue weighted by molar-refractivity contribution is -0.275. The van der Waals surface area contributed by atoms with Gasteiger partial charge < -0.3 is 9.47 Å². The van der Waals surface area contributed by atoms with Gasteiger partial charge in [-0.1, -0.05) is 0 Å². The van der Waals surface area contributed by atoms with E-state index in [1.54, 1.807) is 0 Å². The highest BCUT2D eigenvalue weighted by Crippen LogP contribution is 2.36. The SMILES string of the molecule is COc1cc(S(=O)(=O)Cl)nc(C)c1OC(F)(F)F. The van der Waals surface area contributed by atoms with Gasteiger partial charge in [-0.3, -0.25) is 0 Å². The van der Waals surface area contributed by atoms with Crippen LogP contribution in [0.4, 0.5) is 13.2 Å². The van der Waals surface area contributed by atoms with Crippen LogP contribution in [-0.4, -0.2) is 26.9 Å². The Hall–Kier alpha value is -1.22. The number of hydrogen-bond donors (Lipinski definition) is 0. The van der Waals surface area contributed by atoms with Crippen molar-refractivity contribution < 1.29 is 31.1 Å². The van der Waals surface area contributed by atoms with Gasteiger partial charge in [-0.2, -0.15) is 0 Å². The predicted octanol–water partition coefficient (Wildman–Crippen LogP) is 2.22. The summed E-state index contributed by atoms with van der Waals surface area (Å²) in [7, 11) is 1.92. The molecule has 1 aromatic heterocycles. The largest absolute Gasteiger partial charge is 0.573 e. The topological polar surface area (TPSA) is 65.5 Å². The Morgan fingerprint density at radius 2 is 1.94 bits per heavy atom. The molecule has 0 fully saturated rings. The monoisotopic (exact) mass is 305 g/mol. The second kappa shape index (κ2) is 4.81. The molecule has 0 saturated heterocycles. The molecule has 1 aromatic rings.